The minimum Gasteiger partial charge on any atom is -0.493 e. The molecule has 1 saturated heterocycles. The van der Waals surface area contributed by atoms with Gasteiger partial charge in [-0.3, -0.25) is 0 Å². The van der Waals surface area contributed by atoms with Crippen LogP contribution in [0.25, 0.3) is 0 Å². The first-order chi connectivity index (χ1) is 13.2. The maximum absolute atomic E-state index is 6.21. The average molecular weight is 387 g/mol. The molecule has 2 aromatic rings. The Morgan fingerprint density at radius 3 is 2.41 bits per heavy atom. The number of rotatable bonds is 9. The van der Waals surface area contributed by atoms with Gasteiger partial charge in [0.1, 0.15) is 5.75 Å². The zero-order chi connectivity index (χ0) is 18.9. The molecule has 0 atom stereocenters. The molecular formula is C23H31ClN2O. The highest BCUT2D eigenvalue weighted by Crippen LogP contribution is 2.25. The lowest BCUT2D eigenvalue weighted by Gasteiger charge is -2.33. The molecule has 0 spiro atoms. The fourth-order valence-corrected chi connectivity index (χ4v) is 3.79. The Morgan fingerprint density at radius 1 is 0.926 bits per heavy atom. The fraction of sp³-hybridized carbons (Fsp3) is 0.478. The van der Waals surface area contributed by atoms with Crippen molar-refractivity contribution >= 4 is 11.6 Å². The highest BCUT2D eigenvalue weighted by molar-refractivity contribution is 6.30. The van der Waals surface area contributed by atoms with Crippen molar-refractivity contribution in [3.63, 3.8) is 0 Å². The lowest BCUT2D eigenvalue weighted by atomic mass is 10.0. The van der Waals surface area contributed by atoms with Gasteiger partial charge in [-0.25, -0.2) is 0 Å². The Kier molecular flexibility index (Phi) is 8.00. The van der Waals surface area contributed by atoms with Gasteiger partial charge >= 0.3 is 0 Å². The van der Waals surface area contributed by atoms with E-state index in [4.69, 9.17) is 16.3 Å². The van der Waals surface area contributed by atoms with E-state index >= 15 is 0 Å². The molecule has 0 radical (unpaired) electrons. The van der Waals surface area contributed by atoms with E-state index in [0.29, 0.717) is 0 Å². The second kappa shape index (κ2) is 10.7. The first-order valence-corrected chi connectivity index (χ1v) is 10.5. The number of hydrogen-bond acceptors (Lipinski definition) is 3. The van der Waals surface area contributed by atoms with Crippen LogP contribution in [0, 0.1) is 0 Å². The summed E-state index contributed by atoms with van der Waals surface area (Å²) in [6.45, 7) is 10.2. The van der Waals surface area contributed by atoms with Gasteiger partial charge in [0.15, 0.2) is 0 Å². The van der Waals surface area contributed by atoms with Gasteiger partial charge in [-0.2, -0.15) is 0 Å². The SMILES string of the molecule is CCN1CCN(CCCCOc2ccc(Cl)cc2Cc2ccccc2)CC1. The molecule has 0 bridgehead atoms. The zero-order valence-corrected chi connectivity index (χ0v) is 17.1. The van der Waals surface area contributed by atoms with Crippen molar-refractivity contribution in [2.75, 3.05) is 45.9 Å². The normalized spacial score (nSPS) is 15.8. The number of nitrogens with zero attached hydrogens (tertiary/aromatic N) is 2. The molecule has 146 valence electrons. The van der Waals surface area contributed by atoms with E-state index in [-0.39, 0.29) is 0 Å². The molecule has 0 saturated carbocycles. The minimum absolute atomic E-state index is 0.762. The van der Waals surface area contributed by atoms with Crippen LogP contribution in [-0.2, 0) is 6.42 Å². The first kappa shape index (κ1) is 20.2. The van der Waals surface area contributed by atoms with Crippen LogP contribution in [-0.4, -0.2) is 55.7 Å². The van der Waals surface area contributed by atoms with E-state index in [9.17, 15) is 0 Å². The maximum atomic E-state index is 6.21. The van der Waals surface area contributed by atoms with E-state index in [1.807, 2.05) is 24.3 Å². The van der Waals surface area contributed by atoms with Crippen molar-refractivity contribution in [2.24, 2.45) is 0 Å². The third kappa shape index (κ3) is 6.53. The Bertz CT molecular complexity index is 684. The van der Waals surface area contributed by atoms with Crippen LogP contribution in [0.5, 0.6) is 5.75 Å². The lowest BCUT2D eigenvalue weighted by Crippen LogP contribution is -2.46. The van der Waals surface area contributed by atoms with Crippen molar-refractivity contribution in [3.05, 3.63) is 64.7 Å². The summed E-state index contributed by atoms with van der Waals surface area (Å²) in [5.74, 6) is 0.958. The summed E-state index contributed by atoms with van der Waals surface area (Å²) in [7, 11) is 0. The minimum atomic E-state index is 0.762. The Hall–Kier alpha value is -1.55. The molecule has 2 aromatic carbocycles. The summed E-state index contributed by atoms with van der Waals surface area (Å²) in [6, 6.07) is 16.4. The summed E-state index contributed by atoms with van der Waals surface area (Å²) in [5.41, 5.74) is 2.43. The van der Waals surface area contributed by atoms with Crippen molar-refractivity contribution in [1.29, 1.82) is 0 Å². The Labute approximate surface area is 168 Å². The van der Waals surface area contributed by atoms with Gasteiger partial charge < -0.3 is 14.5 Å². The molecule has 4 heteroatoms. The third-order valence-electron chi connectivity index (χ3n) is 5.30. The second-order valence-corrected chi connectivity index (χ2v) is 7.68. The molecule has 0 unspecified atom stereocenters. The number of hydrogen-bond donors (Lipinski definition) is 0. The van der Waals surface area contributed by atoms with Gasteiger partial charge in [0, 0.05) is 37.6 Å². The number of benzene rings is 2. The van der Waals surface area contributed by atoms with Crippen LogP contribution >= 0.6 is 11.6 Å². The number of piperazine rings is 1. The fourth-order valence-electron chi connectivity index (χ4n) is 3.59. The summed E-state index contributed by atoms with van der Waals surface area (Å²) in [4.78, 5) is 5.10. The van der Waals surface area contributed by atoms with E-state index in [1.54, 1.807) is 0 Å². The van der Waals surface area contributed by atoms with Gasteiger partial charge in [-0.05, 0) is 55.3 Å². The number of likely N-dealkylation sites (N-methyl/N-ethyl adjacent to an activating group) is 1. The highest BCUT2D eigenvalue weighted by atomic mass is 35.5. The van der Waals surface area contributed by atoms with Crippen LogP contribution in [0.1, 0.15) is 30.9 Å². The molecule has 1 aliphatic rings. The highest BCUT2D eigenvalue weighted by Gasteiger charge is 2.14. The van der Waals surface area contributed by atoms with Crippen LogP contribution in [0.2, 0.25) is 5.02 Å². The molecule has 0 N–H and O–H groups in total. The number of ether oxygens (including phenoxy) is 1. The summed E-state index contributed by atoms with van der Waals surface area (Å²) in [5, 5.41) is 0.763. The topological polar surface area (TPSA) is 15.7 Å². The summed E-state index contributed by atoms with van der Waals surface area (Å²) >= 11 is 6.21. The second-order valence-electron chi connectivity index (χ2n) is 7.25. The van der Waals surface area contributed by atoms with Gasteiger partial charge in [0.25, 0.3) is 0 Å². The van der Waals surface area contributed by atoms with Gasteiger partial charge in [0.2, 0.25) is 0 Å². The number of halogens is 1. The van der Waals surface area contributed by atoms with Crippen molar-refractivity contribution in [3.8, 4) is 5.75 Å². The maximum Gasteiger partial charge on any atom is 0.122 e. The largest absolute Gasteiger partial charge is 0.493 e. The number of unbranched alkanes of at least 4 members (excludes halogenated alkanes) is 1. The molecule has 1 aliphatic heterocycles. The standard InChI is InChI=1S/C23H31ClN2O/c1-2-25-13-15-26(16-14-25)12-6-7-17-27-23-11-10-22(24)19-21(23)18-20-8-4-3-5-9-20/h3-5,8-11,19H,2,6-7,12-18H2,1H3. The summed E-state index contributed by atoms with van der Waals surface area (Å²) in [6.07, 6.45) is 3.12. The molecule has 3 rings (SSSR count). The monoisotopic (exact) mass is 386 g/mol. The van der Waals surface area contributed by atoms with Crippen LogP contribution in [0.4, 0.5) is 0 Å². The van der Waals surface area contributed by atoms with E-state index in [2.05, 4.69) is 41.0 Å². The van der Waals surface area contributed by atoms with Gasteiger partial charge in [-0.1, -0.05) is 48.9 Å². The van der Waals surface area contributed by atoms with Crippen molar-refractivity contribution in [1.82, 2.24) is 9.80 Å². The molecule has 27 heavy (non-hydrogen) atoms. The van der Waals surface area contributed by atoms with Gasteiger partial charge in [0.05, 0.1) is 6.61 Å². The third-order valence-corrected chi connectivity index (χ3v) is 5.53. The van der Waals surface area contributed by atoms with Crippen LogP contribution in [0.15, 0.2) is 48.5 Å². The average Bonchev–Trinajstić information content (AvgIpc) is 2.70. The van der Waals surface area contributed by atoms with Crippen molar-refractivity contribution in [2.45, 2.75) is 26.2 Å². The molecule has 0 aliphatic carbocycles. The van der Waals surface area contributed by atoms with E-state index in [0.717, 1.165) is 35.8 Å². The van der Waals surface area contributed by atoms with Gasteiger partial charge in [-0.15, -0.1) is 0 Å². The Morgan fingerprint density at radius 2 is 1.67 bits per heavy atom. The molecule has 1 fully saturated rings. The zero-order valence-electron chi connectivity index (χ0n) is 16.4. The quantitative estimate of drug-likeness (QED) is 0.579. The van der Waals surface area contributed by atoms with Crippen LogP contribution < -0.4 is 4.74 Å². The lowest BCUT2D eigenvalue weighted by molar-refractivity contribution is 0.134. The Balaban J connectivity index is 1.43. The molecule has 0 amide bonds. The van der Waals surface area contributed by atoms with E-state index in [1.165, 1.54) is 51.3 Å². The molecular weight excluding hydrogens is 356 g/mol. The van der Waals surface area contributed by atoms with E-state index < -0.39 is 0 Å². The summed E-state index contributed by atoms with van der Waals surface area (Å²) < 4.78 is 6.10. The molecule has 1 heterocycles. The first-order valence-electron chi connectivity index (χ1n) is 10.1. The smallest absolute Gasteiger partial charge is 0.122 e. The van der Waals surface area contributed by atoms with Crippen molar-refractivity contribution < 1.29 is 4.74 Å². The van der Waals surface area contributed by atoms with Crippen LogP contribution in [0.3, 0.4) is 0 Å². The predicted octanol–water partition coefficient (Wildman–Crippen LogP) is 4.73. The molecule has 0 aromatic heterocycles. The predicted molar refractivity (Wildman–Crippen MR) is 114 cm³/mol. The molecule has 3 nitrogen and oxygen atoms in total.